The normalized spacial score (nSPS) is 10.8. The molecule has 0 aliphatic rings. The van der Waals surface area contributed by atoms with Crippen molar-refractivity contribution in [2.75, 3.05) is 26.2 Å². The third-order valence-corrected chi connectivity index (χ3v) is 7.14. The van der Waals surface area contributed by atoms with Crippen LogP contribution in [0.2, 0.25) is 0 Å². The molecule has 0 aliphatic carbocycles. The van der Waals surface area contributed by atoms with E-state index in [9.17, 15) is 4.79 Å². The highest BCUT2D eigenvalue weighted by molar-refractivity contribution is 5.86. The number of carboxylic acid groups (broad SMARTS) is 1. The number of imidazole rings is 1. The number of likely N-dealkylation sites (N-methyl/N-ethyl adjacent to an activating group) is 1. The molecule has 41 heavy (non-hydrogen) atoms. The Morgan fingerprint density at radius 2 is 1.66 bits per heavy atom. The van der Waals surface area contributed by atoms with Gasteiger partial charge in [-0.15, -0.1) is 0 Å². The minimum atomic E-state index is -1.32. The molecule has 0 bridgehead atoms. The third-order valence-electron chi connectivity index (χ3n) is 7.14. The Hall–Kier alpha value is -3.92. The summed E-state index contributed by atoms with van der Waals surface area (Å²) < 4.78 is 13.7. The first kappa shape index (κ1) is 33.3. The summed E-state index contributed by atoms with van der Waals surface area (Å²) in [6.45, 7) is 12.8. The highest BCUT2D eigenvalue weighted by Gasteiger charge is 2.18. The molecule has 0 atom stereocenters. The number of fused-ring (bicyclic) bond motifs is 1. The minimum Gasteiger partial charge on any atom is -0.490 e. The van der Waals surface area contributed by atoms with Crippen molar-refractivity contribution in [2.24, 2.45) is 0 Å². The fraction of sp³-hybridized carbons (Fsp3) is 0.375. The summed E-state index contributed by atoms with van der Waals surface area (Å²) in [4.78, 5) is 18.6. The van der Waals surface area contributed by atoms with Gasteiger partial charge in [-0.2, -0.15) is 0 Å². The van der Waals surface area contributed by atoms with Crippen molar-refractivity contribution in [1.82, 2.24) is 14.5 Å². The van der Waals surface area contributed by atoms with E-state index in [-0.39, 0.29) is 11.0 Å². The van der Waals surface area contributed by atoms with Crippen LogP contribution in [0.1, 0.15) is 50.6 Å². The van der Waals surface area contributed by atoms with Gasteiger partial charge in [0.2, 0.25) is 0 Å². The van der Waals surface area contributed by atoms with E-state index in [0.717, 1.165) is 83.8 Å². The average molecular weight is 566 g/mol. The molecule has 9 nitrogen and oxygen atoms in total. The second-order valence-corrected chi connectivity index (χ2v) is 9.73. The molecule has 0 aliphatic heterocycles. The van der Waals surface area contributed by atoms with Gasteiger partial charge in [-0.25, -0.2) is 9.78 Å². The number of aryl methyl sites for hydroxylation is 2. The molecule has 0 amide bonds. The number of unbranched alkanes of at least 4 members (excludes halogenated alkanes) is 1. The van der Waals surface area contributed by atoms with Gasteiger partial charge >= 0.3 is 6.16 Å². The lowest BCUT2D eigenvalue weighted by atomic mass is 10.0. The molecule has 0 saturated heterocycles. The second kappa shape index (κ2) is 15.8. The molecule has 4 rings (SSSR count). The van der Waals surface area contributed by atoms with Crippen molar-refractivity contribution in [1.29, 1.82) is 0 Å². The van der Waals surface area contributed by atoms with E-state index in [1.807, 2.05) is 24.3 Å². The van der Waals surface area contributed by atoms with E-state index < -0.39 is 6.16 Å². The summed E-state index contributed by atoms with van der Waals surface area (Å²) in [7, 11) is 0. The lowest BCUT2D eigenvalue weighted by Gasteiger charge is -2.19. The Labute approximate surface area is 242 Å². The summed E-state index contributed by atoms with van der Waals surface area (Å²) in [6.07, 6.45) is 1.75. The van der Waals surface area contributed by atoms with Crippen LogP contribution < -0.4 is 9.47 Å². The van der Waals surface area contributed by atoms with Crippen molar-refractivity contribution >= 4 is 17.2 Å². The summed E-state index contributed by atoms with van der Waals surface area (Å²) in [6, 6.07) is 19.5. The van der Waals surface area contributed by atoms with E-state index in [0.29, 0.717) is 18.9 Å². The second-order valence-electron chi connectivity index (χ2n) is 9.73. The van der Waals surface area contributed by atoms with Gasteiger partial charge in [0.15, 0.2) is 0 Å². The van der Waals surface area contributed by atoms with Gasteiger partial charge in [-0.05, 0) is 55.3 Å². The van der Waals surface area contributed by atoms with Crippen LogP contribution in [0.5, 0.6) is 11.5 Å². The van der Waals surface area contributed by atoms with Gasteiger partial charge < -0.3 is 35.0 Å². The standard InChI is InChI=1S/C32H39N3O4.2H2O/c1-5-8-13-29-33-30-23(4)14-19-28(38-21-20-34(6-2)7-3)31(30)35(29)22-24-15-17-25(18-16-24)26-11-9-10-12-27(26)39-32(36)37;;/h9-12,14-19H,5-8,13,20-22H2,1-4H3,(H,36,37);2*1H2. The third kappa shape index (κ3) is 8.07. The molecule has 3 aromatic carbocycles. The Morgan fingerprint density at radius 1 is 0.951 bits per heavy atom. The summed E-state index contributed by atoms with van der Waals surface area (Å²) in [5, 5.41) is 9.10. The molecule has 0 unspecified atom stereocenters. The van der Waals surface area contributed by atoms with E-state index in [4.69, 9.17) is 19.6 Å². The van der Waals surface area contributed by atoms with Crippen LogP contribution in [-0.4, -0.2) is 62.9 Å². The maximum Gasteiger partial charge on any atom is 0.511 e. The molecule has 0 spiro atoms. The van der Waals surface area contributed by atoms with Crippen molar-refractivity contribution in [3.63, 3.8) is 0 Å². The van der Waals surface area contributed by atoms with Crippen LogP contribution in [0.15, 0.2) is 60.7 Å². The van der Waals surface area contributed by atoms with Gasteiger partial charge in [0, 0.05) is 25.1 Å². The molecular weight excluding hydrogens is 522 g/mol. The average Bonchev–Trinajstić information content (AvgIpc) is 3.30. The van der Waals surface area contributed by atoms with E-state index >= 15 is 0 Å². The number of para-hydroxylation sites is 1. The molecule has 0 fully saturated rings. The number of benzene rings is 3. The Bertz CT molecular complexity index is 1400. The van der Waals surface area contributed by atoms with Gasteiger partial charge in [0.25, 0.3) is 0 Å². The molecule has 222 valence electrons. The maximum absolute atomic E-state index is 11.1. The van der Waals surface area contributed by atoms with Gasteiger partial charge in [-0.3, -0.25) is 0 Å². The largest absolute Gasteiger partial charge is 0.511 e. The van der Waals surface area contributed by atoms with Crippen LogP contribution in [-0.2, 0) is 13.0 Å². The number of carbonyl (C=O) groups is 1. The number of nitrogens with zero attached hydrogens (tertiary/aromatic N) is 3. The summed E-state index contributed by atoms with van der Waals surface area (Å²) in [5.41, 5.74) is 5.95. The fourth-order valence-electron chi connectivity index (χ4n) is 4.88. The number of ether oxygens (including phenoxy) is 2. The Balaban J connectivity index is 0.00000294. The zero-order valence-corrected chi connectivity index (χ0v) is 24.4. The Morgan fingerprint density at radius 3 is 2.32 bits per heavy atom. The molecular formula is C32H43N3O6. The highest BCUT2D eigenvalue weighted by atomic mass is 16.7. The van der Waals surface area contributed by atoms with Crippen molar-refractivity contribution in [2.45, 2.75) is 53.5 Å². The lowest BCUT2D eigenvalue weighted by molar-refractivity contribution is 0.144. The molecule has 5 N–H and O–H groups in total. The highest BCUT2D eigenvalue weighted by Crippen LogP contribution is 2.33. The Kier molecular flexibility index (Phi) is 12.8. The van der Waals surface area contributed by atoms with E-state index in [1.54, 1.807) is 12.1 Å². The van der Waals surface area contributed by atoms with E-state index in [1.165, 1.54) is 0 Å². The zero-order chi connectivity index (χ0) is 27.8. The van der Waals surface area contributed by atoms with Crippen LogP contribution in [0.25, 0.3) is 22.2 Å². The first-order chi connectivity index (χ1) is 18.9. The monoisotopic (exact) mass is 565 g/mol. The molecule has 0 radical (unpaired) electrons. The number of aromatic nitrogens is 2. The zero-order valence-electron chi connectivity index (χ0n) is 24.4. The summed E-state index contributed by atoms with van der Waals surface area (Å²) in [5.74, 6) is 2.26. The van der Waals surface area contributed by atoms with Gasteiger partial charge in [-0.1, -0.05) is 75.7 Å². The van der Waals surface area contributed by atoms with Crippen LogP contribution >= 0.6 is 0 Å². The van der Waals surface area contributed by atoms with Gasteiger partial charge in [0.1, 0.15) is 29.4 Å². The van der Waals surface area contributed by atoms with Crippen LogP contribution in [0.4, 0.5) is 4.79 Å². The first-order valence-electron chi connectivity index (χ1n) is 13.9. The van der Waals surface area contributed by atoms with Crippen molar-refractivity contribution < 1.29 is 30.3 Å². The molecule has 1 aromatic heterocycles. The quantitative estimate of drug-likeness (QED) is 0.167. The SMILES string of the molecule is CCCCc1nc2c(C)ccc(OCCN(CC)CC)c2n1Cc1ccc(-c2ccccc2OC(=O)O)cc1.O.O. The molecule has 4 aromatic rings. The van der Waals surface area contributed by atoms with E-state index in [2.05, 4.69) is 61.4 Å². The fourth-order valence-corrected chi connectivity index (χ4v) is 4.88. The minimum absolute atomic E-state index is 0. The van der Waals surface area contributed by atoms with Gasteiger partial charge in [0.05, 0.1) is 5.52 Å². The molecule has 1 heterocycles. The van der Waals surface area contributed by atoms with Crippen molar-refractivity contribution in [3.8, 4) is 22.6 Å². The number of hydrogen-bond acceptors (Lipinski definition) is 5. The molecule has 9 heteroatoms. The topological polar surface area (TPSA) is 140 Å². The molecule has 0 saturated carbocycles. The first-order valence-corrected chi connectivity index (χ1v) is 13.9. The predicted octanol–water partition coefficient (Wildman–Crippen LogP) is 5.53. The van der Waals surface area contributed by atoms with Crippen LogP contribution in [0.3, 0.4) is 0 Å². The number of rotatable bonds is 13. The smallest absolute Gasteiger partial charge is 0.490 e. The summed E-state index contributed by atoms with van der Waals surface area (Å²) >= 11 is 0. The van der Waals surface area contributed by atoms with Crippen LogP contribution in [0, 0.1) is 6.92 Å². The maximum atomic E-state index is 11.1. The lowest BCUT2D eigenvalue weighted by Crippen LogP contribution is -2.28. The predicted molar refractivity (Wildman–Crippen MR) is 163 cm³/mol. The van der Waals surface area contributed by atoms with Crippen molar-refractivity contribution in [3.05, 3.63) is 77.6 Å². The number of hydrogen-bond donors (Lipinski definition) is 1.